The van der Waals surface area contributed by atoms with Crippen molar-refractivity contribution in [2.45, 2.75) is 20.5 Å². The monoisotopic (exact) mass is 244 g/mol. The molecule has 1 N–H and O–H groups in total. The van der Waals surface area contributed by atoms with Crippen molar-refractivity contribution in [3.05, 3.63) is 35.9 Å². The first-order valence-electron chi connectivity index (χ1n) is 6.32. The van der Waals surface area contributed by atoms with Gasteiger partial charge in [-0.15, -0.1) is 0 Å². The largest absolute Gasteiger partial charge is 0.392 e. The number of hydrogen-bond donors (Lipinski definition) is 1. The second-order valence-electron chi connectivity index (χ2n) is 5.09. The van der Waals surface area contributed by atoms with Gasteiger partial charge in [-0.3, -0.25) is 0 Å². The van der Waals surface area contributed by atoms with E-state index in [2.05, 4.69) is 23.7 Å². The highest BCUT2D eigenvalue weighted by Crippen LogP contribution is 2.22. The Morgan fingerprint density at radius 2 is 2.00 bits per heavy atom. The molecule has 1 aromatic carbocycles. The third-order valence-corrected chi connectivity index (χ3v) is 2.99. The molecule has 0 bridgehead atoms. The van der Waals surface area contributed by atoms with E-state index in [1.165, 1.54) is 0 Å². The summed E-state index contributed by atoms with van der Waals surface area (Å²) < 4.78 is 0. The zero-order valence-electron chi connectivity index (χ0n) is 11.2. The standard InChI is InChI=1S/C15H20N2O/c1-11(2)9-17(3)15-8-12(10-18)13-6-4-5-7-14(13)16-15/h4-8,11,18H,9-10H2,1-3H3. The van der Waals surface area contributed by atoms with Crippen LogP contribution >= 0.6 is 0 Å². The lowest BCUT2D eigenvalue weighted by molar-refractivity contribution is 0.283. The average molecular weight is 244 g/mol. The summed E-state index contributed by atoms with van der Waals surface area (Å²) in [7, 11) is 2.04. The molecule has 0 aliphatic heterocycles. The predicted molar refractivity (Wildman–Crippen MR) is 75.8 cm³/mol. The number of benzene rings is 1. The van der Waals surface area contributed by atoms with Gasteiger partial charge in [0.15, 0.2) is 0 Å². The van der Waals surface area contributed by atoms with Crippen molar-refractivity contribution in [2.24, 2.45) is 5.92 Å². The SMILES string of the molecule is CC(C)CN(C)c1cc(CO)c2ccccc2n1. The lowest BCUT2D eigenvalue weighted by atomic mass is 10.1. The maximum atomic E-state index is 9.48. The highest BCUT2D eigenvalue weighted by Gasteiger charge is 2.09. The Morgan fingerprint density at radius 3 is 2.67 bits per heavy atom. The lowest BCUT2D eigenvalue weighted by Crippen LogP contribution is -2.23. The zero-order chi connectivity index (χ0) is 13.1. The van der Waals surface area contributed by atoms with E-state index >= 15 is 0 Å². The van der Waals surface area contributed by atoms with Crippen molar-refractivity contribution in [3.8, 4) is 0 Å². The fourth-order valence-corrected chi connectivity index (χ4v) is 2.20. The number of rotatable bonds is 4. The normalized spacial score (nSPS) is 11.2. The molecule has 1 aromatic heterocycles. The molecule has 0 radical (unpaired) electrons. The Balaban J connectivity index is 2.46. The third kappa shape index (κ3) is 2.62. The molecule has 0 amide bonds. The minimum atomic E-state index is 0.0472. The fourth-order valence-electron chi connectivity index (χ4n) is 2.20. The maximum absolute atomic E-state index is 9.48. The van der Waals surface area contributed by atoms with Gasteiger partial charge in [0.25, 0.3) is 0 Å². The van der Waals surface area contributed by atoms with E-state index in [1.54, 1.807) is 0 Å². The molecule has 0 unspecified atom stereocenters. The molecule has 0 atom stereocenters. The molecule has 0 aliphatic carbocycles. The Kier molecular flexibility index (Phi) is 3.82. The van der Waals surface area contributed by atoms with Crippen molar-refractivity contribution < 1.29 is 5.11 Å². The Hall–Kier alpha value is -1.61. The van der Waals surface area contributed by atoms with Gasteiger partial charge in [-0.25, -0.2) is 4.98 Å². The van der Waals surface area contributed by atoms with Crippen LogP contribution < -0.4 is 4.90 Å². The Bertz CT molecular complexity index is 537. The van der Waals surface area contributed by atoms with Crippen LogP contribution in [0.4, 0.5) is 5.82 Å². The summed E-state index contributed by atoms with van der Waals surface area (Å²) in [6.07, 6.45) is 0. The average Bonchev–Trinajstić information content (AvgIpc) is 2.36. The van der Waals surface area contributed by atoms with Crippen LogP contribution in [0.3, 0.4) is 0 Å². The van der Waals surface area contributed by atoms with Crippen LogP contribution in [-0.4, -0.2) is 23.7 Å². The highest BCUT2D eigenvalue weighted by molar-refractivity contribution is 5.84. The molecule has 3 heteroatoms. The number of aromatic nitrogens is 1. The summed E-state index contributed by atoms with van der Waals surface area (Å²) in [6, 6.07) is 9.91. The molecule has 18 heavy (non-hydrogen) atoms. The number of fused-ring (bicyclic) bond motifs is 1. The summed E-state index contributed by atoms with van der Waals surface area (Å²) in [6.45, 7) is 5.37. The van der Waals surface area contributed by atoms with E-state index in [9.17, 15) is 5.11 Å². The van der Waals surface area contributed by atoms with Crippen LogP contribution in [0.5, 0.6) is 0 Å². The van der Waals surface area contributed by atoms with E-state index in [0.29, 0.717) is 5.92 Å². The minimum absolute atomic E-state index is 0.0472. The summed E-state index contributed by atoms with van der Waals surface area (Å²) in [5.74, 6) is 1.51. The first kappa shape index (κ1) is 12.8. The van der Waals surface area contributed by atoms with Crippen molar-refractivity contribution in [3.63, 3.8) is 0 Å². The van der Waals surface area contributed by atoms with Gasteiger partial charge < -0.3 is 10.0 Å². The van der Waals surface area contributed by atoms with E-state index in [1.807, 2.05) is 37.4 Å². The molecule has 96 valence electrons. The smallest absolute Gasteiger partial charge is 0.129 e. The van der Waals surface area contributed by atoms with Gasteiger partial charge in [0, 0.05) is 19.0 Å². The Morgan fingerprint density at radius 1 is 1.28 bits per heavy atom. The number of hydrogen-bond acceptors (Lipinski definition) is 3. The van der Waals surface area contributed by atoms with Gasteiger partial charge >= 0.3 is 0 Å². The molecule has 0 aliphatic rings. The molecular formula is C15H20N2O. The highest BCUT2D eigenvalue weighted by atomic mass is 16.3. The van der Waals surface area contributed by atoms with Crippen LogP contribution in [0.15, 0.2) is 30.3 Å². The predicted octanol–water partition coefficient (Wildman–Crippen LogP) is 2.82. The van der Waals surface area contributed by atoms with Crippen LogP contribution in [0.2, 0.25) is 0 Å². The van der Waals surface area contributed by atoms with Crippen molar-refractivity contribution in [2.75, 3.05) is 18.5 Å². The Labute approximate surface area is 108 Å². The van der Waals surface area contributed by atoms with Crippen LogP contribution in [0.1, 0.15) is 19.4 Å². The molecule has 3 nitrogen and oxygen atoms in total. The molecule has 0 saturated heterocycles. The van der Waals surface area contributed by atoms with Gasteiger partial charge in [0.2, 0.25) is 0 Å². The first-order chi connectivity index (χ1) is 8.61. The maximum Gasteiger partial charge on any atom is 0.129 e. The van der Waals surface area contributed by atoms with Crippen LogP contribution in [-0.2, 0) is 6.61 Å². The molecule has 0 fully saturated rings. The van der Waals surface area contributed by atoms with Gasteiger partial charge in [-0.2, -0.15) is 0 Å². The summed E-state index contributed by atoms with van der Waals surface area (Å²) in [5, 5.41) is 10.5. The van der Waals surface area contributed by atoms with Gasteiger partial charge in [-0.05, 0) is 23.6 Å². The number of aliphatic hydroxyl groups is 1. The summed E-state index contributed by atoms with van der Waals surface area (Å²) in [4.78, 5) is 6.79. The second-order valence-corrected chi connectivity index (χ2v) is 5.09. The molecule has 1 heterocycles. The van der Waals surface area contributed by atoms with Gasteiger partial charge in [-0.1, -0.05) is 32.0 Å². The topological polar surface area (TPSA) is 36.4 Å². The molecule has 0 spiro atoms. The van der Waals surface area contributed by atoms with Crippen molar-refractivity contribution in [1.82, 2.24) is 4.98 Å². The zero-order valence-corrected chi connectivity index (χ0v) is 11.2. The molecule has 2 rings (SSSR count). The number of aliphatic hydroxyl groups excluding tert-OH is 1. The number of nitrogens with zero attached hydrogens (tertiary/aromatic N) is 2. The summed E-state index contributed by atoms with van der Waals surface area (Å²) in [5.41, 5.74) is 1.88. The van der Waals surface area contributed by atoms with Gasteiger partial charge in [0.1, 0.15) is 5.82 Å². The first-order valence-corrected chi connectivity index (χ1v) is 6.32. The van der Waals surface area contributed by atoms with Crippen molar-refractivity contribution in [1.29, 1.82) is 0 Å². The lowest BCUT2D eigenvalue weighted by Gasteiger charge is -2.21. The number of anilines is 1. The minimum Gasteiger partial charge on any atom is -0.392 e. The van der Waals surface area contributed by atoms with Gasteiger partial charge in [0.05, 0.1) is 12.1 Å². The van der Waals surface area contributed by atoms with E-state index < -0.39 is 0 Å². The third-order valence-electron chi connectivity index (χ3n) is 2.99. The van der Waals surface area contributed by atoms with E-state index in [-0.39, 0.29) is 6.61 Å². The van der Waals surface area contributed by atoms with Crippen LogP contribution in [0, 0.1) is 5.92 Å². The van der Waals surface area contributed by atoms with Crippen LogP contribution in [0.25, 0.3) is 10.9 Å². The van der Waals surface area contributed by atoms with Crippen molar-refractivity contribution >= 4 is 16.7 Å². The molecule has 2 aromatic rings. The van der Waals surface area contributed by atoms with E-state index in [0.717, 1.165) is 28.8 Å². The second kappa shape index (κ2) is 5.36. The number of pyridine rings is 1. The summed E-state index contributed by atoms with van der Waals surface area (Å²) >= 11 is 0. The quantitative estimate of drug-likeness (QED) is 0.898. The van der Waals surface area contributed by atoms with E-state index in [4.69, 9.17) is 0 Å². The fraction of sp³-hybridized carbons (Fsp3) is 0.400. The molecule has 0 saturated carbocycles. The number of para-hydroxylation sites is 1. The molecular weight excluding hydrogens is 224 g/mol.